The number of carbonyl (C=O) groups excluding carboxylic acids is 1. The number of ketones is 1. The molecular weight excluding hydrogens is 228 g/mol. The van der Waals surface area contributed by atoms with Crippen LogP contribution in [0.2, 0.25) is 0 Å². The average molecular weight is 250 g/mol. The molecule has 1 fully saturated rings. The molecule has 1 aliphatic heterocycles. The second-order valence-corrected chi connectivity index (χ2v) is 5.28. The SMILES string of the molecule is CN1CCCN(C)C(C(=O)Cc2cnn(C)c2)C1. The van der Waals surface area contributed by atoms with Crippen molar-refractivity contribution in [3.8, 4) is 0 Å². The highest BCUT2D eigenvalue weighted by molar-refractivity contribution is 5.86. The molecule has 5 heteroatoms. The summed E-state index contributed by atoms with van der Waals surface area (Å²) < 4.78 is 1.74. The molecule has 5 nitrogen and oxygen atoms in total. The van der Waals surface area contributed by atoms with Crippen LogP contribution in [0.5, 0.6) is 0 Å². The molecule has 2 rings (SSSR count). The largest absolute Gasteiger partial charge is 0.304 e. The molecule has 1 unspecified atom stereocenters. The molecule has 0 amide bonds. The predicted octanol–water partition coefficient (Wildman–Crippen LogP) is 0.168. The lowest BCUT2D eigenvalue weighted by molar-refractivity contribution is -0.123. The Morgan fingerprint density at radius 1 is 1.39 bits per heavy atom. The maximum Gasteiger partial charge on any atom is 0.155 e. The standard InChI is InChI=1S/C13H22N4O/c1-15-5-4-6-16(2)12(10-15)13(18)7-11-8-14-17(3)9-11/h8-9,12H,4-7,10H2,1-3H3. The highest BCUT2D eigenvalue weighted by atomic mass is 16.1. The van der Waals surface area contributed by atoms with Gasteiger partial charge in [-0.3, -0.25) is 14.4 Å². The van der Waals surface area contributed by atoms with Crippen LogP contribution >= 0.6 is 0 Å². The number of rotatable bonds is 3. The van der Waals surface area contributed by atoms with Crippen molar-refractivity contribution < 1.29 is 4.79 Å². The molecule has 0 spiro atoms. The van der Waals surface area contributed by atoms with Gasteiger partial charge in [0, 0.05) is 26.2 Å². The van der Waals surface area contributed by atoms with E-state index in [9.17, 15) is 4.79 Å². The Labute approximate surface area is 108 Å². The van der Waals surface area contributed by atoms with Crippen LogP contribution in [0, 0.1) is 0 Å². The normalized spacial score (nSPS) is 22.9. The van der Waals surface area contributed by atoms with Crippen LogP contribution in [0.4, 0.5) is 0 Å². The van der Waals surface area contributed by atoms with Crippen molar-refractivity contribution in [2.24, 2.45) is 7.05 Å². The molecule has 0 aliphatic carbocycles. The zero-order chi connectivity index (χ0) is 13.1. The van der Waals surface area contributed by atoms with Crippen LogP contribution < -0.4 is 0 Å². The van der Waals surface area contributed by atoms with E-state index in [-0.39, 0.29) is 6.04 Å². The van der Waals surface area contributed by atoms with Gasteiger partial charge >= 0.3 is 0 Å². The lowest BCUT2D eigenvalue weighted by atomic mass is 10.1. The van der Waals surface area contributed by atoms with Gasteiger partial charge in [-0.25, -0.2) is 0 Å². The second-order valence-electron chi connectivity index (χ2n) is 5.28. The van der Waals surface area contributed by atoms with E-state index in [0.29, 0.717) is 12.2 Å². The van der Waals surface area contributed by atoms with Gasteiger partial charge in [0.25, 0.3) is 0 Å². The Balaban J connectivity index is 2.02. The van der Waals surface area contributed by atoms with Crippen LogP contribution in [-0.4, -0.2) is 65.1 Å². The van der Waals surface area contributed by atoms with Crippen molar-refractivity contribution in [2.45, 2.75) is 18.9 Å². The number of aromatic nitrogens is 2. The summed E-state index contributed by atoms with van der Waals surface area (Å²) in [6, 6.07) is 0.0118. The fourth-order valence-corrected chi connectivity index (χ4v) is 2.50. The summed E-state index contributed by atoms with van der Waals surface area (Å²) >= 11 is 0. The number of carbonyl (C=O) groups is 1. The smallest absolute Gasteiger partial charge is 0.155 e. The molecule has 18 heavy (non-hydrogen) atoms. The molecule has 0 saturated carbocycles. The number of Topliss-reactive ketones (excluding diaryl/α,β-unsaturated/α-hetero) is 1. The van der Waals surface area contributed by atoms with E-state index in [0.717, 1.165) is 31.6 Å². The maximum atomic E-state index is 12.4. The third-order valence-electron chi connectivity index (χ3n) is 3.58. The Bertz CT molecular complexity index is 415. The van der Waals surface area contributed by atoms with Gasteiger partial charge in [0.1, 0.15) is 0 Å². The zero-order valence-corrected chi connectivity index (χ0v) is 11.5. The first-order chi connectivity index (χ1) is 8.56. The molecule has 0 bridgehead atoms. The van der Waals surface area contributed by atoms with E-state index in [4.69, 9.17) is 0 Å². The monoisotopic (exact) mass is 250 g/mol. The summed E-state index contributed by atoms with van der Waals surface area (Å²) in [6.07, 6.45) is 5.30. The van der Waals surface area contributed by atoms with E-state index in [1.807, 2.05) is 20.3 Å². The molecule has 1 aliphatic rings. The van der Waals surface area contributed by atoms with E-state index in [1.165, 1.54) is 0 Å². The molecule has 0 N–H and O–H groups in total. The van der Waals surface area contributed by atoms with Crippen molar-refractivity contribution in [2.75, 3.05) is 33.7 Å². The summed E-state index contributed by atoms with van der Waals surface area (Å²) in [5.41, 5.74) is 1.00. The van der Waals surface area contributed by atoms with Crippen LogP contribution in [-0.2, 0) is 18.3 Å². The second kappa shape index (κ2) is 5.63. The molecule has 100 valence electrons. The first-order valence-electron chi connectivity index (χ1n) is 6.45. The molecule has 2 heterocycles. The van der Waals surface area contributed by atoms with Gasteiger partial charge in [-0.1, -0.05) is 0 Å². The highest BCUT2D eigenvalue weighted by Gasteiger charge is 2.26. The van der Waals surface area contributed by atoms with E-state index in [1.54, 1.807) is 10.9 Å². The fourth-order valence-electron chi connectivity index (χ4n) is 2.50. The van der Waals surface area contributed by atoms with Crippen LogP contribution in [0.1, 0.15) is 12.0 Å². The fraction of sp³-hybridized carbons (Fsp3) is 0.692. The average Bonchev–Trinajstić information content (AvgIpc) is 2.62. The quantitative estimate of drug-likeness (QED) is 0.767. The number of hydrogen-bond acceptors (Lipinski definition) is 4. The van der Waals surface area contributed by atoms with E-state index >= 15 is 0 Å². The Morgan fingerprint density at radius 3 is 2.83 bits per heavy atom. The number of nitrogens with zero attached hydrogens (tertiary/aromatic N) is 4. The van der Waals surface area contributed by atoms with Crippen LogP contribution in [0.3, 0.4) is 0 Å². The number of likely N-dealkylation sites (N-methyl/N-ethyl adjacent to an activating group) is 2. The molecule has 1 aromatic heterocycles. The molecule has 0 aromatic carbocycles. The third kappa shape index (κ3) is 3.17. The minimum Gasteiger partial charge on any atom is -0.304 e. The summed E-state index contributed by atoms with van der Waals surface area (Å²) in [4.78, 5) is 16.8. The first kappa shape index (κ1) is 13.2. The zero-order valence-electron chi connectivity index (χ0n) is 11.5. The summed E-state index contributed by atoms with van der Waals surface area (Å²) in [5, 5.41) is 4.11. The lowest BCUT2D eigenvalue weighted by Gasteiger charge is -2.25. The molecule has 0 radical (unpaired) electrons. The number of hydrogen-bond donors (Lipinski definition) is 0. The Hall–Kier alpha value is -1.20. The van der Waals surface area contributed by atoms with E-state index in [2.05, 4.69) is 21.9 Å². The maximum absolute atomic E-state index is 12.4. The number of aryl methyl sites for hydroxylation is 1. The van der Waals surface area contributed by atoms with Gasteiger partial charge in [-0.2, -0.15) is 5.10 Å². The van der Waals surface area contributed by atoms with Crippen molar-refractivity contribution >= 4 is 5.78 Å². The molecule has 1 atom stereocenters. The molecular formula is C13H22N4O. The first-order valence-corrected chi connectivity index (χ1v) is 6.45. The van der Waals surface area contributed by atoms with Gasteiger partial charge < -0.3 is 4.90 Å². The minimum absolute atomic E-state index is 0.0118. The van der Waals surface area contributed by atoms with Gasteiger partial charge in [0.05, 0.1) is 12.2 Å². The van der Waals surface area contributed by atoms with Gasteiger partial charge in [0.15, 0.2) is 5.78 Å². The summed E-state index contributed by atoms with van der Waals surface area (Å²) in [7, 11) is 6.01. The van der Waals surface area contributed by atoms with Crippen molar-refractivity contribution in [1.29, 1.82) is 0 Å². The topological polar surface area (TPSA) is 41.4 Å². The Morgan fingerprint density at radius 2 is 2.17 bits per heavy atom. The summed E-state index contributed by atoms with van der Waals surface area (Å²) in [6.45, 7) is 2.89. The highest BCUT2D eigenvalue weighted by Crippen LogP contribution is 2.10. The third-order valence-corrected chi connectivity index (χ3v) is 3.58. The van der Waals surface area contributed by atoms with Crippen LogP contribution in [0.25, 0.3) is 0 Å². The molecule has 1 saturated heterocycles. The van der Waals surface area contributed by atoms with Gasteiger partial charge in [-0.05, 0) is 39.2 Å². The summed E-state index contributed by atoms with van der Waals surface area (Å²) in [5.74, 6) is 0.291. The van der Waals surface area contributed by atoms with Crippen LogP contribution in [0.15, 0.2) is 12.4 Å². The van der Waals surface area contributed by atoms with E-state index < -0.39 is 0 Å². The van der Waals surface area contributed by atoms with Gasteiger partial charge in [-0.15, -0.1) is 0 Å². The van der Waals surface area contributed by atoms with Gasteiger partial charge in [0.2, 0.25) is 0 Å². The van der Waals surface area contributed by atoms with Crippen molar-refractivity contribution in [3.05, 3.63) is 18.0 Å². The Kier molecular flexibility index (Phi) is 4.14. The predicted molar refractivity (Wildman–Crippen MR) is 70.5 cm³/mol. The molecule has 1 aromatic rings. The lowest BCUT2D eigenvalue weighted by Crippen LogP contribution is -2.44. The van der Waals surface area contributed by atoms with Crippen molar-refractivity contribution in [1.82, 2.24) is 19.6 Å². The minimum atomic E-state index is 0.0118. The van der Waals surface area contributed by atoms with Crippen molar-refractivity contribution in [3.63, 3.8) is 0 Å².